The number of ether oxygens (including phenoxy) is 2. The topological polar surface area (TPSA) is 160 Å². The van der Waals surface area contributed by atoms with Gasteiger partial charge in [0.25, 0.3) is 0 Å². The monoisotopic (exact) mass is 636 g/mol. The highest BCUT2D eigenvalue weighted by Crippen LogP contribution is 2.75. The fourth-order valence-electron chi connectivity index (χ4n) is 12.3. The summed E-state index contributed by atoms with van der Waals surface area (Å²) in [6, 6.07) is 0. The molecule has 45 heavy (non-hydrogen) atoms. The first kappa shape index (κ1) is 34.3. The number of hydrogen-bond acceptors (Lipinski definition) is 9. The second-order valence-electron chi connectivity index (χ2n) is 18.0. The lowest BCUT2D eigenvalue weighted by Gasteiger charge is -2.72. The van der Waals surface area contributed by atoms with Crippen molar-refractivity contribution in [2.24, 2.45) is 50.2 Å². The van der Waals surface area contributed by atoms with E-state index in [0.29, 0.717) is 25.2 Å². The lowest BCUT2D eigenvalue weighted by molar-refractivity contribution is -0.333. The van der Waals surface area contributed by atoms with Crippen molar-refractivity contribution in [1.82, 2.24) is 0 Å². The molecule has 0 unspecified atom stereocenters. The van der Waals surface area contributed by atoms with Gasteiger partial charge in [0.1, 0.15) is 24.4 Å². The van der Waals surface area contributed by atoms with Crippen LogP contribution in [0.25, 0.3) is 0 Å². The molecular formula is C36H60O9. The van der Waals surface area contributed by atoms with Gasteiger partial charge in [0, 0.05) is 10.8 Å². The van der Waals surface area contributed by atoms with E-state index >= 15 is 0 Å². The number of fused-ring (bicyclic) bond motifs is 7. The molecular weight excluding hydrogens is 576 g/mol. The summed E-state index contributed by atoms with van der Waals surface area (Å²) in [5, 5.41) is 75.5. The summed E-state index contributed by atoms with van der Waals surface area (Å²) in [6.07, 6.45) is 0.661. The van der Waals surface area contributed by atoms with Crippen LogP contribution in [0.5, 0.6) is 0 Å². The first-order valence-electron chi connectivity index (χ1n) is 17.5. The van der Waals surface area contributed by atoms with Crippen LogP contribution in [-0.2, 0) is 9.47 Å². The molecule has 9 nitrogen and oxygen atoms in total. The normalized spacial score (nSPS) is 57.6. The van der Waals surface area contributed by atoms with E-state index in [1.807, 2.05) is 0 Å². The Balaban J connectivity index is 1.32. The minimum Gasteiger partial charge on any atom is -0.396 e. The lowest BCUT2D eigenvalue weighted by atomic mass is 9.33. The van der Waals surface area contributed by atoms with Crippen molar-refractivity contribution in [3.8, 4) is 0 Å². The molecule has 0 aromatic heterocycles. The van der Waals surface area contributed by atoms with E-state index in [1.54, 1.807) is 0 Å². The maximum Gasteiger partial charge on any atom is 0.186 e. The minimum atomic E-state index is -1.52. The fourth-order valence-corrected chi connectivity index (χ4v) is 12.3. The van der Waals surface area contributed by atoms with Crippen LogP contribution in [0.1, 0.15) is 99.8 Å². The highest BCUT2D eigenvalue weighted by Gasteiger charge is 2.71. The van der Waals surface area contributed by atoms with Gasteiger partial charge < -0.3 is 45.2 Å². The van der Waals surface area contributed by atoms with Crippen LogP contribution >= 0.6 is 0 Å². The first-order valence-corrected chi connectivity index (χ1v) is 17.5. The van der Waals surface area contributed by atoms with Crippen molar-refractivity contribution in [3.05, 3.63) is 11.6 Å². The molecule has 0 spiro atoms. The van der Waals surface area contributed by atoms with Gasteiger partial charge in [0.15, 0.2) is 6.29 Å². The molecule has 0 aromatic carbocycles. The average Bonchev–Trinajstić information content (AvgIpc) is 2.96. The van der Waals surface area contributed by atoms with Gasteiger partial charge in [-0.25, -0.2) is 0 Å². The van der Waals surface area contributed by atoms with Gasteiger partial charge in [-0.3, -0.25) is 0 Å². The molecule has 1 heterocycles. The Labute approximate surface area is 269 Å². The molecule has 16 atom stereocenters. The molecule has 6 rings (SSSR count). The lowest BCUT2D eigenvalue weighted by Crippen LogP contribution is -2.68. The Morgan fingerprint density at radius 2 is 1.47 bits per heavy atom. The number of aliphatic hydroxyl groups excluding tert-OH is 7. The third-order valence-corrected chi connectivity index (χ3v) is 15.4. The van der Waals surface area contributed by atoms with Crippen molar-refractivity contribution in [1.29, 1.82) is 0 Å². The Morgan fingerprint density at radius 3 is 2.11 bits per heavy atom. The van der Waals surface area contributed by atoms with Crippen molar-refractivity contribution >= 4 is 0 Å². The zero-order chi connectivity index (χ0) is 33.1. The predicted octanol–water partition coefficient (Wildman–Crippen LogP) is 2.91. The summed E-state index contributed by atoms with van der Waals surface area (Å²) in [6.45, 7) is 15.2. The Morgan fingerprint density at radius 1 is 0.800 bits per heavy atom. The van der Waals surface area contributed by atoms with Crippen LogP contribution in [0, 0.1) is 50.2 Å². The standard InChI is InChI=1S/C36H60O9/c1-31(2)14-20-19-8-9-23-32(3)12-11-26(45-30-29(43)28(42)27(41)21(17-37)44-30)33(4,18-38)22(32)10-13-34(23,5)35(19,6)16-25(40)36(20,7)24(39)15-31/h8,20-30,37-43H,9-18H2,1-7H3/t20-,21+,22+,23+,24-,25-,26-,27+,28-,29+,30-,32-,33-,34+,35+,36+/m0/s1. The van der Waals surface area contributed by atoms with E-state index in [-0.39, 0.29) is 40.1 Å². The predicted molar refractivity (Wildman–Crippen MR) is 168 cm³/mol. The van der Waals surface area contributed by atoms with Crippen molar-refractivity contribution in [2.75, 3.05) is 13.2 Å². The van der Waals surface area contributed by atoms with E-state index in [9.17, 15) is 35.7 Å². The van der Waals surface area contributed by atoms with Crippen LogP contribution in [0.15, 0.2) is 11.6 Å². The fraction of sp³-hybridized carbons (Fsp3) is 0.944. The van der Waals surface area contributed by atoms with Crippen LogP contribution in [0.4, 0.5) is 0 Å². The summed E-state index contributed by atoms with van der Waals surface area (Å²) in [7, 11) is 0. The zero-order valence-corrected chi connectivity index (χ0v) is 28.4. The highest BCUT2D eigenvalue weighted by molar-refractivity contribution is 5.35. The van der Waals surface area contributed by atoms with Gasteiger partial charge in [-0.1, -0.05) is 60.1 Å². The van der Waals surface area contributed by atoms with Crippen molar-refractivity contribution < 1.29 is 45.2 Å². The summed E-state index contributed by atoms with van der Waals surface area (Å²) >= 11 is 0. The van der Waals surface area contributed by atoms with E-state index in [2.05, 4.69) is 54.5 Å². The van der Waals surface area contributed by atoms with Gasteiger partial charge in [0.2, 0.25) is 0 Å². The Kier molecular flexibility index (Phi) is 8.33. The van der Waals surface area contributed by atoms with Gasteiger partial charge in [-0.05, 0) is 90.8 Å². The Bertz CT molecular complexity index is 1170. The number of allylic oxidation sites excluding steroid dienone is 2. The van der Waals surface area contributed by atoms with E-state index < -0.39 is 66.5 Å². The van der Waals surface area contributed by atoms with Crippen molar-refractivity contribution in [3.63, 3.8) is 0 Å². The molecule has 5 fully saturated rings. The van der Waals surface area contributed by atoms with E-state index in [1.165, 1.54) is 5.57 Å². The number of aliphatic hydroxyl groups is 7. The van der Waals surface area contributed by atoms with Crippen LogP contribution in [-0.4, -0.2) is 98.0 Å². The molecule has 1 aliphatic heterocycles. The largest absolute Gasteiger partial charge is 0.396 e. The third kappa shape index (κ3) is 4.58. The molecule has 258 valence electrons. The van der Waals surface area contributed by atoms with Gasteiger partial charge in [-0.15, -0.1) is 0 Å². The first-order chi connectivity index (χ1) is 20.8. The zero-order valence-electron chi connectivity index (χ0n) is 28.4. The summed E-state index contributed by atoms with van der Waals surface area (Å²) in [5.41, 5.74) is -0.208. The molecule has 1 saturated heterocycles. The second kappa shape index (κ2) is 10.9. The minimum absolute atomic E-state index is 0.00787. The third-order valence-electron chi connectivity index (χ3n) is 15.4. The van der Waals surface area contributed by atoms with E-state index in [4.69, 9.17) is 9.47 Å². The van der Waals surface area contributed by atoms with Crippen molar-refractivity contribution in [2.45, 2.75) is 149 Å². The average molecular weight is 637 g/mol. The molecule has 0 aromatic rings. The quantitative estimate of drug-likeness (QED) is 0.182. The van der Waals surface area contributed by atoms with Gasteiger partial charge in [0.05, 0.1) is 31.5 Å². The molecule has 9 heteroatoms. The summed E-state index contributed by atoms with van der Waals surface area (Å²) in [5.74, 6) is 0.554. The SMILES string of the molecule is CC1(C)C[C@H](O)[C@]2(C)[C@@H](O)C[C@]3(C)C(=CC[C@@H]4[C@@]5(C)CC[C@H](O[C@@H]6O[C@H](CO)[C@@H](O)[C@H](O)[C@H]6O)[C@@](C)(CO)[C@@H]5CC[C@]43C)[C@@H]2C1. The maximum atomic E-state index is 11.9. The van der Waals surface area contributed by atoms with Gasteiger partial charge >= 0.3 is 0 Å². The molecule has 7 N–H and O–H groups in total. The molecule has 6 aliphatic rings. The molecule has 0 bridgehead atoms. The maximum absolute atomic E-state index is 11.9. The molecule has 5 aliphatic carbocycles. The smallest absolute Gasteiger partial charge is 0.186 e. The summed E-state index contributed by atoms with van der Waals surface area (Å²) < 4.78 is 12.1. The van der Waals surface area contributed by atoms with Gasteiger partial charge in [-0.2, -0.15) is 0 Å². The second-order valence-corrected chi connectivity index (χ2v) is 18.0. The highest BCUT2D eigenvalue weighted by atomic mass is 16.7. The molecule has 0 radical (unpaired) electrons. The molecule has 4 saturated carbocycles. The molecule has 0 amide bonds. The van der Waals surface area contributed by atoms with Crippen LogP contribution in [0.3, 0.4) is 0 Å². The van der Waals surface area contributed by atoms with Crippen LogP contribution < -0.4 is 0 Å². The number of hydrogen-bond donors (Lipinski definition) is 7. The number of rotatable bonds is 4. The van der Waals surface area contributed by atoms with Crippen LogP contribution in [0.2, 0.25) is 0 Å². The van der Waals surface area contributed by atoms with E-state index in [0.717, 1.165) is 32.1 Å². The summed E-state index contributed by atoms with van der Waals surface area (Å²) in [4.78, 5) is 0. The Hall–Kier alpha value is -0.620.